The second-order valence-corrected chi connectivity index (χ2v) is 3.88. The normalized spacial score (nSPS) is 11.7. The second-order valence-electron chi connectivity index (χ2n) is 3.88. The fourth-order valence-electron chi connectivity index (χ4n) is 1.68. The lowest BCUT2D eigenvalue weighted by Gasteiger charge is -2.13. The van der Waals surface area contributed by atoms with Gasteiger partial charge in [0.15, 0.2) is 11.5 Å². The Morgan fingerprint density at radius 1 is 1.33 bits per heavy atom. The molecule has 4 nitrogen and oxygen atoms in total. The van der Waals surface area contributed by atoms with E-state index in [-0.39, 0.29) is 5.92 Å². The lowest BCUT2D eigenvalue weighted by molar-refractivity contribution is -0.132. The van der Waals surface area contributed by atoms with Gasteiger partial charge in [0, 0.05) is 12.8 Å². The maximum atomic E-state index is 11.0. The van der Waals surface area contributed by atoms with Crippen LogP contribution in [0.2, 0.25) is 0 Å². The number of esters is 1. The Balaban J connectivity index is 3.10. The van der Waals surface area contributed by atoms with E-state index in [0.29, 0.717) is 24.5 Å². The minimum atomic E-state index is -0.410. The Labute approximate surface area is 107 Å². The van der Waals surface area contributed by atoms with Crippen molar-refractivity contribution in [2.75, 3.05) is 6.61 Å². The smallest absolute Gasteiger partial charge is 0.308 e. The molecular formula is C14H18O4. The van der Waals surface area contributed by atoms with Gasteiger partial charge in [-0.3, -0.25) is 4.79 Å². The predicted molar refractivity (Wildman–Crippen MR) is 68.0 cm³/mol. The summed E-state index contributed by atoms with van der Waals surface area (Å²) >= 11 is 0. The number of carbonyl (C=O) groups is 2. The Hall–Kier alpha value is -1.84. The number of rotatable bonds is 6. The van der Waals surface area contributed by atoms with E-state index in [1.54, 1.807) is 12.1 Å². The summed E-state index contributed by atoms with van der Waals surface area (Å²) in [4.78, 5) is 22.0. The highest BCUT2D eigenvalue weighted by molar-refractivity contribution is 5.71. The van der Waals surface area contributed by atoms with Crippen LogP contribution in [0.25, 0.3) is 0 Å². The van der Waals surface area contributed by atoms with Crippen LogP contribution in [-0.4, -0.2) is 18.9 Å². The molecule has 0 fully saturated rings. The number of carbonyl (C=O) groups excluding carboxylic acids is 2. The van der Waals surface area contributed by atoms with E-state index in [0.717, 1.165) is 11.8 Å². The average Bonchev–Trinajstić information content (AvgIpc) is 2.33. The Morgan fingerprint density at radius 2 is 2.06 bits per heavy atom. The molecule has 0 aliphatic heterocycles. The van der Waals surface area contributed by atoms with Gasteiger partial charge in [0.1, 0.15) is 6.29 Å². The second kappa shape index (κ2) is 6.79. The molecule has 4 heteroatoms. The third-order valence-corrected chi connectivity index (χ3v) is 2.55. The Morgan fingerprint density at radius 3 is 2.56 bits per heavy atom. The van der Waals surface area contributed by atoms with Crippen LogP contribution >= 0.6 is 0 Å². The first-order valence-electron chi connectivity index (χ1n) is 6.02. The van der Waals surface area contributed by atoms with Gasteiger partial charge in [0.25, 0.3) is 0 Å². The Kier molecular flexibility index (Phi) is 5.36. The lowest BCUT2D eigenvalue weighted by atomic mass is 9.98. The first-order valence-corrected chi connectivity index (χ1v) is 6.02. The van der Waals surface area contributed by atoms with Crippen molar-refractivity contribution >= 4 is 12.3 Å². The maximum Gasteiger partial charge on any atom is 0.308 e. The van der Waals surface area contributed by atoms with E-state index in [2.05, 4.69) is 0 Å². The van der Waals surface area contributed by atoms with Crippen molar-refractivity contribution in [2.45, 2.75) is 33.1 Å². The zero-order valence-electron chi connectivity index (χ0n) is 10.9. The number of benzene rings is 1. The van der Waals surface area contributed by atoms with Crippen LogP contribution in [0.3, 0.4) is 0 Å². The van der Waals surface area contributed by atoms with Crippen LogP contribution in [0.5, 0.6) is 11.5 Å². The third-order valence-electron chi connectivity index (χ3n) is 2.55. The van der Waals surface area contributed by atoms with Crippen molar-refractivity contribution < 1.29 is 19.1 Å². The van der Waals surface area contributed by atoms with Crippen molar-refractivity contribution in [2.24, 2.45) is 0 Å². The predicted octanol–water partition coefficient (Wildman–Crippen LogP) is 2.70. The number of aldehydes is 1. The summed E-state index contributed by atoms with van der Waals surface area (Å²) in [6, 6.07) is 5.23. The largest absolute Gasteiger partial charge is 0.490 e. The van der Waals surface area contributed by atoms with Gasteiger partial charge in [-0.1, -0.05) is 13.0 Å². The van der Waals surface area contributed by atoms with Crippen LogP contribution in [0, 0.1) is 0 Å². The van der Waals surface area contributed by atoms with Gasteiger partial charge in [0.05, 0.1) is 6.61 Å². The Bertz CT molecular complexity index is 426. The van der Waals surface area contributed by atoms with Crippen molar-refractivity contribution in [3.63, 3.8) is 0 Å². The van der Waals surface area contributed by atoms with Gasteiger partial charge in [-0.15, -0.1) is 0 Å². The number of hydrogen-bond acceptors (Lipinski definition) is 4. The van der Waals surface area contributed by atoms with Gasteiger partial charge >= 0.3 is 5.97 Å². The zero-order valence-corrected chi connectivity index (χ0v) is 10.9. The summed E-state index contributed by atoms with van der Waals surface area (Å²) in [6.07, 6.45) is 1.60. The molecule has 0 heterocycles. The van der Waals surface area contributed by atoms with Gasteiger partial charge in [0.2, 0.25) is 0 Å². The van der Waals surface area contributed by atoms with E-state index in [1.165, 1.54) is 6.92 Å². The van der Waals surface area contributed by atoms with Crippen molar-refractivity contribution in [1.82, 2.24) is 0 Å². The first kappa shape index (κ1) is 14.2. The van der Waals surface area contributed by atoms with E-state index in [4.69, 9.17) is 9.47 Å². The molecule has 0 bridgehead atoms. The van der Waals surface area contributed by atoms with Crippen LogP contribution < -0.4 is 9.47 Å². The molecule has 0 saturated heterocycles. The highest BCUT2D eigenvalue weighted by Gasteiger charge is 2.13. The van der Waals surface area contributed by atoms with Crippen LogP contribution in [-0.2, 0) is 9.59 Å². The summed E-state index contributed by atoms with van der Waals surface area (Å²) in [5.74, 6) is 0.279. The molecule has 0 aromatic heterocycles. The molecule has 98 valence electrons. The molecule has 0 N–H and O–H groups in total. The van der Waals surface area contributed by atoms with Gasteiger partial charge in [-0.05, 0) is 31.0 Å². The van der Waals surface area contributed by atoms with Crippen molar-refractivity contribution in [3.05, 3.63) is 23.8 Å². The minimum Gasteiger partial charge on any atom is -0.490 e. The number of hydrogen-bond donors (Lipinski definition) is 0. The molecule has 1 aromatic carbocycles. The number of ether oxygens (including phenoxy) is 2. The molecule has 1 unspecified atom stereocenters. The molecule has 0 amide bonds. The van der Waals surface area contributed by atoms with E-state index >= 15 is 0 Å². The molecule has 1 rings (SSSR count). The molecule has 1 atom stereocenters. The van der Waals surface area contributed by atoms with E-state index in [1.807, 2.05) is 19.9 Å². The highest BCUT2D eigenvalue weighted by Crippen LogP contribution is 2.31. The fourth-order valence-corrected chi connectivity index (χ4v) is 1.68. The molecule has 1 aromatic rings. The van der Waals surface area contributed by atoms with Crippen molar-refractivity contribution in [1.29, 1.82) is 0 Å². The lowest BCUT2D eigenvalue weighted by Crippen LogP contribution is -2.06. The molecular weight excluding hydrogens is 232 g/mol. The molecule has 0 aliphatic rings. The van der Waals surface area contributed by atoms with Gasteiger partial charge in [-0.25, -0.2) is 0 Å². The molecule has 0 saturated carbocycles. The summed E-state index contributed by atoms with van der Waals surface area (Å²) in [6.45, 7) is 5.60. The van der Waals surface area contributed by atoms with Crippen molar-refractivity contribution in [3.8, 4) is 11.5 Å². The SMILES string of the molecule is CCOc1ccc(C(C=O)CC)cc1OC(C)=O. The standard InChI is InChI=1S/C14H18O4/c1-4-11(9-15)12-6-7-13(17-5-2)14(8-12)18-10(3)16/h6-9,11H,4-5H2,1-3H3. The van der Waals surface area contributed by atoms with Gasteiger partial charge in [-0.2, -0.15) is 0 Å². The molecule has 0 spiro atoms. The fraction of sp³-hybridized carbons (Fsp3) is 0.429. The quantitative estimate of drug-likeness (QED) is 0.442. The maximum absolute atomic E-state index is 11.0. The molecule has 18 heavy (non-hydrogen) atoms. The summed E-state index contributed by atoms with van der Waals surface area (Å²) in [7, 11) is 0. The van der Waals surface area contributed by atoms with Gasteiger partial charge < -0.3 is 14.3 Å². The topological polar surface area (TPSA) is 52.6 Å². The van der Waals surface area contributed by atoms with Crippen LogP contribution in [0.1, 0.15) is 38.7 Å². The van der Waals surface area contributed by atoms with Crippen LogP contribution in [0.15, 0.2) is 18.2 Å². The average molecular weight is 250 g/mol. The first-order chi connectivity index (χ1) is 8.62. The van der Waals surface area contributed by atoms with E-state index < -0.39 is 5.97 Å². The summed E-state index contributed by atoms with van der Waals surface area (Å²) in [5.41, 5.74) is 0.826. The monoisotopic (exact) mass is 250 g/mol. The summed E-state index contributed by atoms with van der Waals surface area (Å²) in [5, 5.41) is 0. The van der Waals surface area contributed by atoms with E-state index in [9.17, 15) is 9.59 Å². The molecule has 0 aliphatic carbocycles. The zero-order chi connectivity index (χ0) is 13.5. The highest BCUT2D eigenvalue weighted by atomic mass is 16.6. The minimum absolute atomic E-state index is 0.185. The summed E-state index contributed by atoms with van der Waals surface area (Å²) < 4.78 is 10.5. The van der Waals surface area contributed by atoms with Crippen LogP contribution in [0.4, 0.5) is 0 Å². The molecule has 0 radical (unpaired) electrons. The third kappa shape index (κ3) is 3.58.